The topological polar surface area (TPSA) is 166 Å². The number of aromatic nitrogens is 1. The number of aromatic carboxylic acids is 1. The normalized spacial score (nSPS) is 19.4. The first-order valence-electron chi connectivity index (χ1n) is 16.2. The Morgan fingerprint density at radius 2 is 1.76 bits per heavy atom. The van der Waals surface area contributed by atoms with Gasteiger partial charge in [-0.05, 0) is 37.5 Å². The number of alkyl halides is 1. The van der Waals surface area contributed by atoms with E-state index < -0.39 is 46.8 Å². The molecule has 4 N–H and O–H groups in total. The number of ether oxygens (including phenoxy) is 1. The molecule has 14 nitrogen and oxygen atoms in total. The maximum atomic E-state index is 15.9. The summed E-state index contributed by atoms with van der Waals surface area (Å²) >= 11 is 0. The molecule has 3 heterocycles. The average molecular weight is 686 g/mol. The predicted molar refractivity (Wildman–Crippen MR) is 177 cm³/mol. The highest BCUT2D eigenvalue weighted by Gasteiger charge is 2.35. The van der Waals surface area contributed by atoms with Crippen molar-refractivity contribution >= 4 is 40.3 Å². The van der Waals surface area contributed by atoms with Crippen LogP contribution >= 0.6 is 0 Å². The number of hydrogen-bond acceptors (Lipinski definition) is 9. The van der Waals surface area contributed by atoms with Gasteiger partial charge in [-0.15, -0.1) is 0 Å². The highest BCUT2D eigenvalue weighted by Crippen LogP contribution is 2.41. The van der Waals surface area contributed by atoms with Gasteiger partial charge >= 0.3 is 5.97 Å². The minimum atomic E-state index is -1.45. The van der Waals surface area contributed by atoms with E-state index in [1.54, 1.807) is 36.0 Å². The number of carbonyl (C=O) groups excluding carboxylic acids is 3. The molecular weight excluding hydrogens is 644 g/mol. The summed E-state index contributed by atoms with van der Waals surface area (Å²) in [5.41, 5.74) is -0.0776. The van der Waals surface area contributed by atoms with Gasteiger partial charge in [-0.1, -0.05) is 6.92 Å². The van der Waals surface area contributed by atoms with Gasteiger partial charge in [-0.2, -0.15) is 0 Å². The van der Waals surface area contributed by atoms with E-state index in [4.69, 9.17) is 4.74 Å². The number of carbonyl (C=O) groups is 4. The largest absolute Gasteiger partial charge is 0.477 e. The quantitative estimate of drug-likeness (QED) is 0.255. The summed E-state index contributed by atoms with van der Waals surface area (Å²) in [6.07, 6.45) is 4.59. The van der Waals surface area contributed by atoms with Crippen LogP contribution < -0.4 is 36.0 Å². The van der Waals surface area contributed by atoms with E-state index in [-0.39, 0.29) is 40.9 Å². The second-order valence-electron chi connectivity index (χ2n) is 12.5. The van der Waals surface area contributed by atoms with Gasteiger partial charge < -0.3 is 35.6 Å². The number of anilines is 1. The number of carboxylic acids is 1. The van der Waals surface area contributed by atoms with Crippen LogP contribution in [0.25, 0.3) is 10.9 Å². The number of piperazine rings is 1. The molecule has 3 amide bonds. The summed E-state index contributed by atoms with van der Waals surface area (Å²) in [5, 5.41) is 19.1. The van der Waals surface area contributed by atoms with E-state index in [2.05, 4.69) is 16.0 Å². The molecular formula is C33H41F2N7O7. The zero-order valence-electron chi connectivity index (χ0n) is 27.8. The molecule has 1 aromatic heterocycles. The number of unbranched alkanes of at least 4 members (excludes halogenated alkanes) is 1. The van der Waals surface area contributed by atoms with Crippen LogP contribution in [0.15, 0.2) is 40.6 Å². The van der Waals surface area contributed by atoms with Crippen molar-refractivity contribution in [3.05, 3.63) is 57.4 Å². The summed E-state index contributed by atoms with van der Waals surface area (Å²) < 4.78 is 39.0. The Kier molecular flexibility index (Phi) is 10.4. The maximum absolute atomic E-state index is 15.9. The highest BCUT2D eigenvalue weighted by atomic mass is 19.1. The number of benzene rings is 1. The standard InChI is InChI=1S/C33H41F2N7O7/c1-18-24(38-32(46)25(37-20(3)44)7-5-6-10-36-19(2)43)8-9-26(27(18)35)40-11-13-41(14-12-40)29-23(34)15-21-28-31(29)49-17-39(4)42(28)16-22(30(21)45)33(47)48/h8-9,15-16,18,25,27H,5-7,10-14,17H2,1-4H3,(H,36,43)(H,37,44)(H,38,46)(H,47,48). The van der Waals surface area contributed by atoms with Crippen molar-refractivity contribution in [1.82, 2.24) is 25.5 Å². The number of halogens is 2. The van der Waals surface area contributed by atoms with Crippen molar-refractivity contribution in [3.63, 3.8) is 0 Å². The SMILES string of the molecule is CC(=O)NCCCCC(NC(C)=O)C(=O)NC1=CC=C(N2CCN(c3c(F)cc4c(=O)c(C(=O)O)cn5c4c3OCN5C)CC2)C(F)C1C. The van der Waals surface area contributed by atoms with E-state index in [0.29, 0.717) is 63.4 Å². The first-order chi connectivity index (χ1) is 23.3. The van der Waals surface area contributed by atoms with Crippen LogP contribution in [0.2, 0.25) is 0 Å². The van der Waals surface area contributed by atoms with Crippen LogP contribution in [0.4, 0.5) is 14.5 Å². The average Bonchev–Trinajstić information content (AvgIpc) is 3.04. The first kappa shape index (κ1) is 35.2. The maximum Gasteiger partial charge on any atom is 0.341 e. The van der Waals surface area contributed by atoms with Gasteiger partial charge in [0, 0.05) is 77.1 Å². The van der Waals surface area contributed by atoms with Crippen LogP contribution in [0.1, 0.15) is 50.4 Å². The second kappa shape index (κ2) is 14.5. The molecule has 0 radical (unpaired) electrons. The molecule has 49 heavy (non-hydrogen) atoms. The van der Waals surface area contributed by atoms with Gasteiger partial charge in [0.2, 0.25) is 23.2 Å². The summed E-state index contributed by atoms with van der Waals surface area (Å²) in [7, 11) is 1.65. The predicted octanol–water partition coefficient (Wildman–Crippen LogP) is 1.56. The molecule has 3 atom stereocenters. The number of hydrogen-bond donors (Lipinski definition) is 4. The lowest BCUT2D eigenvalue weighted by molar-refractivity contribution is -0.128. The van der Waals surface area contributed by atoms with Crippen molar-refractivity contribution in [2.45, 2.75) is 52.2 Å². The Labute approximate surface area is 281 Å². The fourth-order valence-electron chi connectivity index (χ4n) is 6.41. The summed E-state index contributed by atoms with van der Waals surface area (Å²) in [6, 6.07) is 0.221. The minimum Gasteiger partial charge on any atom is -0.477 e. The summed E-state index contributed by atoms with van der Waals surface area (Å²) in [5.74, 6) is -3.67. The molecule has 2 aliphatic heterocycles. The van der Waals surface area contributed by atoms with Crippen LogP contribution in [0, 0.1) is 11.7 Å². The molecule has 2 aromatic rings. The zero-order valence-corrected chi connectivity index (χ0v) is 27.8. The number of nitrogens with zero attached hydrogens (tertiary/aromatic N) is 4. The lowest BCUT2D eigenvalue weighted by Gasteiger charge is -2.42. The third kappa shape index (κ3) is 7.32. The van der Waals surface area contributed by atoms with Crippen LogP contribution in [-0.4, -0.2) is 97.1 Å². The van der Waals surface area contributed by atoms with E-state index >= 15 is 8.78 Å². The van der Waals surface area contributed by atoms with Gasteiger partial charge in [-0.3, -0.25) is 28.9 Å². The molecule has 1 fully saturated rings. The minimum absolute atomic E-state index is 0.00980. The number of amides is 3. The Morgan fingerprint density at radius 3 is 2.41 bits per heavy atom. The number of carboxylic acid groups (broad SMARTS) is 1. The van der Waals surface area contributed by atoms with Crippen molar-refractivity contribution in [2.24, 2.45) is 5.92 Å². The smallest absolute Gasteiger partial charge is 0.341 e. The van der Waals surface area contributed by atoms with Crippen molar-refractivity contribution < 1.29 is 37.8 Å². The molecule has 5 rings (SSSR count). The van der Waals surface area contributed by atoms with Crippen molar-refractivity contribution in [1.29, 1.82) is 0 Å². The third-order valence-electron chi connectivity index (χ3n) is 9.01. The number of rotatable bonds is 11. The Hall–Kier alpha value is -5.15. The number of pyridine rings is 1. The van der Waals surface area contributed by atoms with Gasteiger partial charge in [0.1, 0.15) is 29.0 Å². The lowest BCUT2D eigenvalue weighted by Crippen LogP contribution is -2.50. The second-order valence-corrected chi connectivity index (χ2v) is 12.5. The molecule has 16 heteroatoms. The van der Waals surface area contributed by atoms with Crippen LogP contribution in [0.3, 0.4) is 0 Å². The molecule has 0 spiro atoms. The summed E-state index contributed by atoms with van der Waals surface area (Å²) in [6.45, 7) is 6.15. The fourth-order valence-corrected chi connectivity index (χ4v) is 6.41. The Morgan fingerprint density at radius 1 is 1.06 bits per heavy atom. The van der Waals surface area contributed by atoms with E-state index in [0.717, 1.165) is 6.07 Å². The molecule has 0 bridgehead atoms. The van der Waals surface area contributed by atoms with Gasteiger partial charge in [0.15, 0.2) is 18.3 Å². The fraction of sp³-hybridized carbons (Fsp3) is 0.485. The molecule has 264 valence electrons. The Balaban J connectivity index is 1.29. The molecule has 0 saturated carbocycles. The molecule has 1 saturated heterocycles. The summed E-state index contributed by atoms with van der Waals surface area (Å²) in [4.78, 5) is 64.2. The highest BCUT2D eigenvalue weighted by molar-refractivity contribution is 5.97. The van der Waals surface area contributed by atoms with E-state index in [9.17, 15) is 29.1 Å². The molecule has 1 aliphatic carbocycles. The van der Waals surface area contributed by atoms with Gasteiger partial charge in [-0.25, -0.2) is 13.6 Å². The monoisotopic (exact) mass is 685 g/mol. The van der Waals surface area contributed by atoms with Crippen LogP contribution in [-0.2, 0) is 14.4 Å². The van der Waals surface area contributed by atoms with Crippen molar-refractivity contribution in [3.8, 4) is 5.75 Å². The first-order valence-corrected chi connectivity index (χ1v) is 16.2. The Bertz CT molecular complexity index is 1780. The van der Waals surface area contributed by atoms with E-state index in [1.165, 1.54) is 24.7 Å². The zero-order chi connectivity index (χ0) is 35.6. The van der Waals surface area contributed by atoms with Gasteiger partial charge in [0.05, 0.1) is 5.39 Å². The molecule has 3 aliphatic rings. The van der Waals surface area contributed by atoms with Gasteiger partial charge in [0.25, 0.3) is 0 Å². The van der Waals surface area contributed by atoms with Crippen LogP contribution in [0.5, 0.6) is 5.75 Å². The number of nitrogens with one attached hydrogen (secondary N) is 3. The lowest BCUT2D eigenvalue weighted by atomic mass is 9.92. The van der Waals surface area contributed by atoms with Crippen molar-refractivity contribution in [2.75, 3.05) is 56.4 Å². The van der Waals surface area contributed by atoms with E-state index in [1.807, 2.05) is 4.90 Å². The molecule has 3 unspecified atom stereocenters. The number of allylic oxidation sites excluding steroid dienone is 4. The molecule has 1 aromatic carbocycles. The third-order valence-corrected chi connectivity index (χ3v) is 9.01.